The van der Waals surface area contributed by atoms with Crippen LogP contribution in [0.1, 0.15) is 13.3 Å². The first-order chi connectivity index (χ1) is 15.7. The van der Waals surface area contributed by atoms with Crippen molar-refractivity contribution >= 4 is 50.5 Å². The number of methoxy groups -OCH3 is 1. The third-order valence-electron chi connectivity index (χ3n) is 4.63. The topological polar surface area (TPSA) is 93.7 Å². The van der Waals surface area contributed by atoms with Crippen LogP contribution < -0.4 is 19.5 Å². The van der Waals surface area contributed by atoms with Crippen LogP contribution in [-0.4, -0.2) is 27.5 Å². The lowest BCUT2D eigenvalue weighted by molar-refractivity contribution is -0.122. The quantitative estimate of drug-likeness (QED) is 0.392. The zero-order valence-electron chi connectivity index (χ0n) is 17.8. The molecule has 0 saturated carbocycles. The average molecular weight is 509 g/mol. The molecule has 0 aliphatic rings. The summed E-state index contributed by atoms with van der Waals surface area (Å²) in [5, 5.41) is 3.08. The normalized spacial score (nSPS) is 12.0. The first-order valence-electron chi connectivity index (χ1n) is 9.92. The van der Waals surface area contributed by atoms with E-state index in [4.69, 9.17) is 32.7 Å². The SMILES string of the molecule is CCC(Oc1ccc(OC)cc1)C(=O)Nc1ccc(S(=O)(=O)Nc2cccc(Cl)c2Cl)cc1. The summed E-state index contributed by atoms with van der Waals surface area (Å²) in [6.07, 6.45) is -0.289. The van der Waals surface area contributed by atoms with Crippen molar-refractivity contribution in [2.24, 2.45) is 0 Å². The van der Waals surface area contributed by atoms with Crippen molar-refractivity contribution in [3.05, 3.63) is 76.8 Å². The molecule has 3 aromatic rings. The summed E-state index contributed by atoms with van der Waals surface area (Å²) in [5.41, 5.74) is 0.597. The molecule has 0 aliphatic heterocycles. The summed E-state index contributed by atoms with van der Waals surface area (Å²) in [7, 11) is -2.34. The summed E-state index contributed by atoms with van der Waals surface area (Å²) < 4.78 is 38.6. The first kappa shape index (κ1) is 24.7. The van der Waals surface area contributed by atoms with Gasteiger partial charge in [0.1, 0.15) is 11.5 Å². The Kier molecular flexibility index (Phi) is 8.07. The van der Waals surface area contributed by atoms with Crippen LogP contribution in [0.2, 0.25) is 10.0 Å². The van der Waals surface area contributed by atoms with E-state index >= 15 is 0 Å². The van der Waals surface area contributed by atoms with Gasteiger partial charge >= 0.3 is 0 Å². The van der Waals surface area contributed by atoms with Crippen molar-refractivity contribution in [1.82, 2.24) is 0 Å². The number of carbonyl (C=O) groups is 1. The van der Waals surface area contributed by atoms with Crippen molar-refractivity contribution in [2.75, 3.05) is 17.1 Å². The lowest BCUT2D eigenvalue weighted by Crippen LogP contribution is -2.32. The maximum absolute atomic E-state index is 12.7. The number of rotatable bonds is 9. The summed E-state index contributed by atoms with van der Waals surface area (Å²) in [6.45, 7) is 1.83. The van der Waals surface area contributed by atoms with Crippen LogP contribution in [-0.2, 0) is 14.8 Å². The Morgan fingerprint density at radius 1 is 0.970 bits per heavy atom. The smallest absolute Gasteiger partial charge is 0.265 e. The van der Waals surface area contributed by atoms with Gasteiger partial charge in [-0.1, -0.05) is 36.2 Å². The third kappa shape index (κ3) is 6.31. The molecule has 1 unspecified atom stereocenters. The van der Waals surface area contributed by atoms with Gasteiger partial charge in [-0.05, 0) is 67.1 Å². The number of benzene rings is 3. The highest BCUT2D eigenvalue weighted by Gasteiger charge is 2.20. The second kappa shape index (κ2) is 10.8. The zero-order valence-corrected chi connectivity index (χ0v) is 20.2. The van der Waals surface area contributed by atoms with Gasteiger partial charge in [0.15, 0.2) is 6.10 Å². The summed E-state index contributed by atoms with van der Waals surface area (Å²) in [4.78, 5) is 12.6. The molecule has 0 bridgehead atoms. The van der Waals surface area contributed by atoms with Crippen molar-refractivity contribution < 1.29 is 22.7 Å². The molecule has 0 spiro atoms. The summed E-state index contributed by atoms with van der Waals surface area (Å²) >= 11 is 12.0. The van der Waals surface area contributed by atoms with Gasteiger partial charge in [0, 0.05) is 5.69 Å². The van der Waals surface area contributed by atoms with Crippen LogP contribution in [0.15, 0.2) is 71.6 Å². The van der Waals surface area contributed by atoms with Crippen LogP contribution in [0.3, 0.4) is 0 Å². The third-order valence-corrected chi connectivity index (χ3v) is 6.83. The van der Waals surface area contributed by atoms with Gasteiger partial charge in [-0.25, -0.2) is 8.42 Å². The van der Waals surface area contributed by atoms with E-state index in [0.717, 1.165) is 0 Å². The molecule has 0 saturated heterocycles. The van der Waals surface area contributed by atoms with Gasteiger partial charge < -0.3 is 14.8 Å². The fraction of sp³-hybridized carbons (Fsp3) is 0.174. The van der Waals surface area contributed by atoms with E-state index in [2.05, 4.69) is 10.0 Å². The number of hydrogen-bond donors (Lipinski definition) is 2. The van der Waals surface area contributed by atoms with Crippen LogP contribution >= 0.6 is 23.2 Å². The minimum absolute atomic E-state index is 0.00179. The van der Waals surface area contributed by atoms with Gasteiger partial charge in [-0.3, -0.25) is 9.52 Å². The minimum atomic E-state index is -3.91. The molecule has 33 heavy (non-hydrogen) atoms. The number of ether oxygens (including phenoxy) is 2. The van der Waals surface area contributed by atoms with E-state index in [1.165, 1.54) is 30.3 Å². The highest BCUT2D eigenvalue weighted by Crippen LogP contribution is 2.31. The Hall–Kier alpha value is -2.94. The van der Waals surface area contributed by atoms with E-state index in [0.29, 0.717) is 23.6 Å². The minimum Gasteiger partial charge on any atom is -0.497 e. The molecular formula is C23H22Cl2N2O5S. The fourth-order valence-corrected chi connectivity index (χ4v) is 4.34. The van der Waals surface area contributed by atoms with Crippen LogP contribution in [0.25, 0.3) is 0 Å². The van der Waals surface area contributed by atoms with Crippen molar-refractivity contribution in [3.63, 3.8) is 0 Å². The Labute approximate surface area is 202 Å². The molecule has 10 heteroatoms. The number of sulfonamides is 1. The Morgan fingerprint density at radius 3 is 2.21 bits per heavy atom. The van der Waals surface area contributed by atoms with Crippen molar-refractivity contribution in [1.29, 1.82) is 0 Å². The maximum Gasteiger partial charge on any atom is 0.265 e. The van der Waals surface area contributed by atoms with Gasteiger partial charge in [0.2, 0.25) is 0 Å². The zero-order chi connectivity index (χ0) is 24.0. The predicted octanol–water partition coefficient (Wildman–Crippen LogP) is 5.60. The maximum atomic E-state index is 12.7. The lowest BCUT2D eigenvalue weighted by atomic mass is 10.2. The molecule has 7 nitrogen and oxygen atoms in total. The fourth-order valence-electron chi connectivity index (χ4n) is 2.87. The first-order valence-corrected chi connectivity index (χ1v) is 12.2. The van der Waals surface area contributed by atoms with E-state index in [1.54, 1.807) is 43.5 Å². The standard InChI is InChI=1S/C23H22Cl2N2O5S/c1-3-21(32-17-11-9-16(31-2)10-12-17)23(28)26-15-7-13-18(14-8-15)33(29,30)27-20-6-4-5-19(24)22(20)25/h4-14,21,27H,3H2,1-2H3,(H,26,28). The van der Waals surface area contributed by atoms with Crippen LogP contribution in [0, 0.1) is 0 Å². The average Bonchev–Trinajstić information content (AvgIpc) is 2.81. The lowest BCUT2D eigenvalue weighted by Gasteiger charge is -2.17. The van der Waals surface area contributed by atoms with Crippen molar-refractivity contribution in [3.8, 4) is 11.5 Å². The largest absolute Gasteiger partial charge is 0.497 e. The van der Waals surface area contributed by atoms with Gasteiger partial charge in [0.05, 0.1) is 27.7 Å². The Bertz CT molecular complexity index is 1220. The van der Waals surface area contributed by atoms with E-state index < -0.39 is 16.1 Å². The molecule has 1 atom stereocenters. The second-order valence-electron chi connectivity index (χ2n) is 6.91. The molecule has 0 aromatic heterocycles. The molecule has 3 aromatic carbocycles. The Morgan fingerprint density at radius 2 is 1.61 bits per heavy atom. The Balaban J connectivity index is 1.67. The molecule has 174 valence electrons. The monoisotopic (exact) mass is 508 g/mol. The van der Waals surface area contributed by atoms with Crippen molar-refractivity contribution in [2.45, 2.75) is 24.3 Å². The van der Waals surface area contributed by atoms with Crippen LogP contribution in [0.5, 0.6) is 11.5 Å². The van der Waals surface area contributed by atoms with E-state index in [9.17, 15) is 13.2 Å². The number of hydrogen-bond acceptors (Lipinski definition) is 5. The number of carbonyl (C=O) groups excluding carboxylic acids is 1. The number of amides is 1. The number of anilines is 2. The highest BCUT2D eigenvalue weighted by molar-refractivity contribution is 7.92. The molecule has 0 fully saturated rings. The molecule has 0 heterocycles. The predicted molar refractivity (Wildman–Crippen MR) is 130 cm³/mol. The number of halogens is 2. The molecule has 2 N–H and O–H groups in total. The molecule has 3 rings (SSSR count). The molecule has 1 amide bonds. The van der Waals surface area contributed by atoms with E-state index in [-0.39, 0.29) is 26.5 Å². The molecule has 0 radical (unpaired) electrons. The molecule has 0 aliphatic carbocycles. The molecular weight excluding hydrogens is 487 g/mol. The van der Waals surface area contributed by atoms with Gasteiger partial charge in [0.25, 0.3) is 15.9 Å². The van der Waals surface area contributed by atoms with E-state index in [1.807, 2.05) is 6.92 Å². The highest BCUT2D eigenvalue weighted by atomic mass is 35.5. The number of nitrogens with one attached hydrogen (secondary N) is 2. The summed E-state index contributed by atoms with van der Waals surface area (Å²) in [6, 6.07) is 17.3. The summed E-state index contributed by atoms with van der Waals surface area (Å²) in [5.74, 6) is 0.861. The second-order valence-corrected chi connectivity index (χ2v) is 9.38. The van der Waals surface area contributed by atoms with Crippen LogP contribution in [0.4, 0.5) is 11.4 Å². The van der Waals surface area contributed by atoms with Gasteiger partial charge in [-0.15, -0.1) is 0 Å². The van der Waals surface area contributed by atoms with Gasteiger partial charge in [-0.2, -0.15) is 0 Å².